The molecule has 0 atom stereocenters. The molecule has 0 spiro atoms. The first-order valence-corrected chi connectivity index (χ1v) is 7.18. The zero-order chi connectivity index (χ0) is 14.0. The topological polar surface area (TPSA) is 51.0 Å². The maximum Gasteiger partial charge on any atom is 0.280 e. The Morgan fingerprint density at radius 2 is 2.26 bits per heavy atom. The highest BCUT2D eigenvalue weighted by atomic mass is 32.1. The van der Waals surface area contributed by atoms with Gasteiger partial charge in [0.15, 0.2) is 5.13 Å². The van der Waals surface area contributed by atoms with E-state index in [1.54, 1.807) is 17.4 Å². The highest BCUT2D eigenvalue weighted by Crippen LogP contribution is 2.21. The van der Waals surface area contributed by atoms with E-state index in [1.165, 1.54) is 11.3 Å². The summed E-state index contributed by atoms with van der Waals surface area (Å²) < 4.78 is 1.92. The molecule has 0 aliphatic carbocycles. The molecule has 2 heterocycles. The lowest BCUT2D eigenvalue weighted by Gasteiger charge is -2.16. The summed E-state index contributed by atoms with van der Waals surface area (Å²) in [5.74, 6) is -0.101. The van der Waals surface area contributed by atoms with Gasteiger partial charge in [0.2, 0.25) is 0 Å². The van der Waals surface area contributed by atoms with Crippen LogP contribution < -0.4 is 4.90 Å². The van der Waals surface area contributed by atoms with E-state index in [2.05, 4.69) is 23.8 Å². The number of rotatable bonds is 4. The number of nitrogens with zero attached hydrogens (tertiary/aromatic N) is 4. The third-order valence-electron chi connectivity index (χ3n) is 2.82. The lowest BCUT2D eigenvalue weighted by atomic mass is 10.3. The molecule has 1 amide bonds. The van der Waals surface area contributed by atoms with E-state index in [9.17, 15) is 4.79 Å². The van der Waals surface area contributed by atoms with E-state index >= 15 is 0 Å². The molecule has 0 aromatic carbocycles. The number of carbonyl (C=O) groups is 1. The summed E-state index contributed by atoms with van der Waals surface area (Å²) >= 11 is 1.48. The standard InChI is InChI=1S/C13H18N4OS/c1-5-17(13-15-10(4)7-19-13)12(18)11-6-16(8-14-11)9(2)3/h6-9H,5H2,1-4H3. The van der Waals surface area contributed by atoms with Crippen LogP contribution in [0.2, 0.25) is 0 Å². The normalized spacial score (nSPS) is 11.0. The molecule has 0 N–H and O–H groups in total. The average molecular weight is 278 g/mol. The minimum atomic E-state index is -0.101. The molecule has 5 nitrogen and oxygen atoms in total. The van der Waals surface area contributed by atoms with Gasteiger partial charge in [-0.15, -0.1) is 11.3 Å². The van der Waals surface area contributed by atoms with Crippen LogP contribution in [0.1, 0.15) is 43.0 Å². The van der Waals surface area contributed by atoms with Crippen LogP contribution in [-0.2, 0) is 0 Å². The Morgan fingerprint density at radius 3 is 2.74 bits per heavy atom. The number of aromatic nitrogens is 3. The van der Waals surface area contributed by atoms with Gasteiger partial charge in [-0.05, 0) is 27.7 Å². The van der Waals surface area contributed by atoms with Crippen LogP contribution in [0.5, 0.6) is 0 Å². The van der Waals surface area contributed by atoms with Crippen molar-refractivity contribution in [2.75, 3.05) is 11.4 Å². The van der Waals surface area contributed by atoms with Gasteiger partial charge in [0.1, 0.15) is 5.69 Å². The van der Waals surface area contributed by atoms with Crippen molar-refractivity contribution in [3.63, 3.8) is 0 Å². The third-order valence-corrected chi connectivity index (χ3v) is 3.80. The van der Waals surface area contributed by atoms with Crippen molar-refractivity contribution < 1.29 is 4.79 Å². The molecule has 0 bridgehead atoms. The Hall–Kier alpha value is -1.69. The quantitative estimate of drug-likeness (QED) is 0.864. The maximum absolute atomic E-state index is 12.4. The van der Waals surface area contributed by atoms with Gasteiger partial charge in [-0.3, -0.25) is 9.69 Å². The van der Waals surface area contributed by atoms with Crippen LogP contribution in [0.3, 0.4) is 0 Å². The van der Waals surface area contributed by atoms with Gasteiger partial charge in [-0.2, -0.15) is 0 Å². The minimum Gasteiger partial charge on any atom is -0.334 e. The molecular weight excluding hydrogens is 260 g/mol. The van der Waals surface area contributed by atoms with Crippen molar-refractivity contribution in [1.82, 2.24) is 14.5 Å². The summed E-state index contributed by atoms with van der Waals surface area (Å²) in [7, 11) is 0. The van der Waals surface area contributed by atoms with Gasteiger partial charge in [0, 0.05) is 24.2 Å². The molecule has 0 saturated carbocycles. The summed E-state index contributed by atoms with van der Waals surface area (Å²) in [6, 6.07) is 0.297. The number of carbonyl (C=O) groups excluding carboxylic acids is 1. The molecule has 102 valence electrons. The van der Waals surface area contributed by atoms with Crippen molar-refractivity contribution in [3.8, 4) is 0 Å². The molecule has 0 fully saturated rings. The Labute approximate surface area is 116 Å². The van der Waals surface area contributed by atoms with Crippen molar-refractivity contribution >= 4 is 22.4 Å². The van der Waals surface area contributed by atoms with Crippen molar-refractivity contribution in [1.29, 1.82) is 0 Å². The molecule has 0 aliphatic rings. The van der Waals surface area contributed by atoms with Crippen LogP contribution in [-0.4, -0.2) is 27.0 Å². The van der Waals surface area contributed by atoms with Crippen molar-refractivity contribution in [2.45, 2.75) is 33.7 Å². The van der Waals surface area contributed by atoms with Gasteiger partial charge < -0.3 is 4.57 Å². The smallest absolute Gasteiger partial charge is 0.280 e. The first-order chi connectivity index (χ1) is 9.02. The van der Waals surface area contributed by atoms with E-state index in [-0.39, 0.29) is 5.91 Å². The van der Waals surface area contributed by atoms with E-state index < -0.39 is 0 Å². The van der Waals surface area contributed by atoms with Gasteiger partial charge in [-0.25, -0.2) is 9.97 Å². The summed E-state index contributed by atoms with van der Waals surface area (Å²) in [6.45, 7) is 8.55. The minimum absolute atomic E-state index is 0.101. The van der Waals surface area contributed by atoms with E-state index in [4.69, 9.17) is 0 Å². The largest absolute Gasteiger partial charge is 0.334 e. The molecule has 2 aromatic heterocycles. The first-order valence-electron chi connectivity index (χ1n) is 6.30. The first kappa shape index (κ1) is 13.7. The summed E-state index contributed by atoms with van der Waals surface area (Å²) in [5.41, 5.74) is 1.39. The number of anilines is 1. The number of hydrogen-bond donors (Lipinski definition) is 0. The van der Waals surface area contributed by atoms with E-state index in [0.29, 0.717) is 18.3 Å². The molecule has 2 rings (SSSR count). The van der Waals surface area contributed by atoms with Crippen molar-refractivity contribution in [2.24, 2.45) is 0 Å². The Balaban J connectivity index is 2.25. The SMILES string of the molecule is CCN(C(=O)c1cn(C(C)C)cn1)c1nc(C)cs1. The Bertz CT molecular complexity index is 573. The number of amides is 1. The number of imidazole rings is 1. The molecule has 0 saturated heterocycles. The van der Waals surface area contributed by atoms with Crippen LogP contribution in [0, 0.1) is 6.92 Å². The molecule has 0 unspecified atom stereocenters. The fourth-order valence-corrected chi connectivity index (χ4v) is 2.56. The van der Waals surface area contributed by atoms with E-state index in [1.807, 2.05) is 23.8 Å². The van der Waals surface area contributed by atoms with Crippen LogP contribution >= 0.6 is 11.3 Å². The second-order valence-corrected chi connectivity index (χ2v) is 5.46. The maximum atomic E-state index is 12.4. The zero-order valence-electron chi connectivity index (χ0n) is 11.6. The Morgan fingerprint density at radius 1 is 1.53 bits per heavy atom. The average Bonchev–Trinajstić information content (AvgIpc) is 2.99. The van der Waals surface area contributed by atoms with Crippen LogP contribution in [0.25, 0.3) is 0 Å². The number of thiazole rings is 1. The summed E-state index contributed by atoms with van der Waals surface area (Å²) in [5, 5.41) is 2.67. The molecule has 6 heteroatoms. The summed E-state index contributed by atoms with van der Waals surface area (Å²) in [4.78, 5) is 22.6. The van der Waals surface area contributed by atoms with Gasteiger partial charge >= 0.3 is 0 Å². The highest BCUT2D eigenvalue weighted by molar-refractivity contribution is 7.14. The Kier molecular flexibility index (Phi) is 3.99. The van der Waals surface area contributed by atoms with Crippen LogP contribution in [0.15, 0.2) is 17.9 Å². The second kappa shape index (κ2) is 5.52. The zero-order valence-corrected chi connectivity index (χ0v) is 12.4. The fraction of sp³-hybridized carbons (Fsp3) is 0.462. The lowest BCUT2D eigenvalue weighted by molar-refractivity contribution is 0.0984. The third kappa shape index (κ3) is 2.84. The predicted octanol–water partition coefficient (Wildman–Crippen LogP) is 2.90. The molecule has 0 radical (unpaired) electrons. The molecule has 0 aliphatic heterocycles. The number of hydrogen-bond acceptors (Lipinski definition) is 4. The molecule has 19 heavy (non-hydrogen) atoms. The fourth-order valence-electron chi connectivity index (χ4n) is 1.70. The predicted molar refractivity (Wildman–Crippen MR) is 76.8 cm³/mol. The van der Waals surface area contributed by atoms with Crippen LogP contribution in [0.4, 0.5) is 5.13 Å². The van der Waals surface area contributed by atoms with Crippen molar-refractivity contribution in [3.05, 3.63) is 29.3 Å². The molecular formula is C13H18N4OS. The second-order valence-electron chi connectivity index (χ2n) is 4.62. The summed E-state index contributed by atoms with van der Waals surface area (Å²) in [6.07, 6.45) is 3.48. The molecule has 2 aromatic rings. The highest BCUT2D eigenvalue weighted by Gasteiger charge is 2.21. The van der Waals surface area contributed by atoms with Gasteiger partial charge in [-0.1, -0.05) is 0 Å². The van der Waals surface area contributed by atoms with E-state index in [0.717, 1.165) is 10.8 Å². The lowest BCUT2D eigenvalue weighted by Crippen LogP contribution is -2.30. The van der Waals surface area contributed by atoms with Gasteiger partial charge in [0.05, 0.1) is 12.0 Å². The van der Waals surface area contributed by atoms with Gasteiger partial charge in [0.25, 0.3) is 5.91 Å². The monoisotopic (exact) mass is 278 g/mol. The number of aryl methyl sites for hydroxylation is 1.